The van der Waals surface area contributed by atoms with Crippen molar-refractivity contribution < 1.29 is 27.8 Å². The van der Waals surface area contributed by atoms with Crippen LogP contribution in [0.2, 0.25) is 5.02 Å². The summed E-state index contributed by atoms with van der Waals surface area (Å²) < 4.78 is 42.0. The number of carbonyl (C=O) groups excluding carboxylic acids is 1. The van der Waals surface area contributed by atoms with Gasteiger partial charge in [-0.25, -0.2) is 13.1 Å². The van der Waals surface area contributed by atoms with Crippen molar-refractivity contribution in [1.82, 2.24) is 9.62 Å². The number of nitrogens with one attached hydrogen (secondary N) is 1. The Bertz CT molecular complexity index is 1630. The Labute approximate surface area is 296 Å². The van der Waals surface area contributed by atoms with E-state index >= 15 is 0 Å². The molecule has 2 aromatic rings. The Kier molecular flexibility index (Phi) is 10.3. The summed E-state index contributed by atoms with van der Waals surface area (Å²) in [7, 11) is -3.94. The minimum absolute atomic E-state index is 0.123. The van der Waals surface area contributed by atoms with Crippen molar-refractivity contribution in [2.45, 2.75) is 108 Å². The third kappa shape index (κ3) is 7.64. The van der Waals surface area contributed by atoms with Gasteiger partial charge in [-0.2, -0.15) is 0 Å². The topological polar surface area (TPSA) is 108 Å². The number of fused-ring (bicyclic) bond motifs is 5. The lowest BCUT2D eigenvalue weighted by Crippen LogP contribution is -2.58. The van der Waals surface area contributed by atoms with Crippen LogP contribution in [0, 0.1) is 17.8 Å². The van der Waals surface area contributed by atoms with Gasteiger partial charge in [-0.1, -0.05) is 31.0 Å². The lowest BCUT2D eigenvalue weighted by Gasteiger charge is -2.51. The summed E-state index contributed by atoms with van der Waals surface area (Å²) in [6, 6.07) is 11.2. The van der Waals surface area contributed by atoms with Gasteiger partial charge in [-0.05, 0) is 124 Å². The van der Waals surface area contributed by atoms with E-state index in [9.17, 15) is 18.3 Å². The smallest absolute Gasteiger partial charge is 0.264 e. The molecule has 2 saturated heterocycles. The molecule has 7 atom stereocenters. The van der Waals surface area contributed by atoms with E-state index in [1.54, 1.807) is 25.1 Å². The largest absolute Gasteiger partial charge is 0.487 e. The number of carbonyl (C=O) groups is 1. The second-order valence-electron chi connectivity index (χ2n) is 15.5. The van der Waals surface area contributed by atoms with Crippen LogP contribution in [-0.2, 0) is 27.8 Å². The highest BCUT2D eigenvalue weighted by molar-refractivity contribution is 7.90. The van der Waals surface area contributed by atoms with Crippen LogP contribution in [0.5, 0.6) is 5.75 Å². The van der Waals surface area contributed by atoms with E-state index in [0.717, 1.165) is 88.8 Å². The number of β-amino-alcohol motifs (C(OH)–C–C–N with tert-alkyl or cyclic N) is 1. The normalized spacial score (nSPS) is 34.0. The average molecular weight is 714 g/mol. The van der Waals surface area contributed by atoms with Crippen molar-refractivity contribution in [3.8, 4) is 5.75 Å². The van der Waals surface area contributed by atoms with Gasteiger partial charge >= 0.3 is 0 Å². The van der Waals surface area contributed by atoms with E-state index in [1.807, 2.05) is 25.1 Å². The first-order valence-corrected chi connectivity index (χ1v) is 20.3. The first-order chi connectivity index (χ1) is 23.5. The van der Waals surface area contributed by atoms with Gasteiger partial charge < -0.3 is 19.5 Å². The van der Waals surface area contributed by atoms with Gasteiger partial charge in [0.25, 0.3) is 5.91 Å². The lowest BCUT2D eigenvalue weighted by molar-refractivity contribution is -0.125. The average Bonchev–Trinajstić information content (AvgIpc) is 3.37. The van der Waals surface area contributed by atoms with E-state index in [1.165, 1.54) is 5.56 Å². The molecular weight excluding hydrogens is 662 g/mol. The highest BCUT2D eigenvalue weighted by Gasteiger charge is 2.49. The van der Waals surface area contributed by atoms with Gasteiger partial charge in [0.15, 0.2) is 0 Å². The number of aryl methyl sites for hydroxylation is 1. The summed E-state index contributed by atoms with van der Waals surface area (Å²) in [4.78, 5) is 18.3. The summed E-state index contributed by atoms with van der Waals surface area (Å²) in [5, 5.41) is 12.6. The van der Waals surface area contributed by atoms with Crippen LogP contribution in [0.4, 0.5) is 5.69 Å². The number of morpholine rings is 1. The maximum Gasteiger partial charge on any atom is 0.264 e. The first-order valence-electron chi connectivity index (χ1n) is 18.4. The molecule has 4 bridgehead atoms. The summed E-state index contributed by atoms with van der Waals surface area (Å²) >= 11 is 6.38. The van der Waals surface area contributed by atoms with E-state index in [4.69, 9.17) is 21.1 Å². The fraction of sp³-hybridized carbons (Fsp3) is 0.658. The molecule has 1 aliphatic carbocycles. The molecule has 9 nitrogen and oxygen atoms in total. The van der Waals surface area contributed by atoms with Gasteiger partial charge in [-0.15, -0.1) is 0 Å². The number of benzene rings is 2. The zero-order valence-corrected chi connectivity index (χ0v) is 30.5. The SMILES string of the molecule is C[C@@H]1[C@@H](C)CCC[C@@](O)(CN2C[C@H]3CC[C@@H](C2)O3)[C@@H]2CC[C@H]2CN2CCCCc3cc(Cl)ccc3COc3ccc(cc32)C(=O)NS1(=O)=O. The number of nitrogens with zero attached hydrogens (tertiary/aromatic N) is 2. The molecule has 0 spiro atoms. The number of aliphatic hydroxyl groups is 1. The quantitative estimate of drug-likeness (QED) is 0.393. The van der Waals surface area contributed by atoms with E-state index < -0.39 is 26.8 Å². The number of likely N-dealkylation sites (tertiary alicyclic amines) is 1. The molecule has 3 fully saturated rings. The Balaban J connectivity index is 1.24. The molecule has 2 aromatic carbocycles. The van der Waals surface area contributed by atoms with Crippen LogP contribution in [-0.4, -0.2) is 80.1 Å². The van der Waals surface area contributed by atoms with Crippen molar-refractivity contribution in [2.24, 2.45) is 17.8 Å². The summed E-state index contributed by atoms with van der Waals surface area (Å²) in [6.07, 6.45) is 9.43. The maximum atomic E-state index is 13.5. The third-order valence-electron chi connectivity index (χ3n) is 12.2. The summed E-state index contributed by atoms with van der Waals surface area (Å²) in [5.74, 6) is 0.239. The second-order valence-corrected chi connectivity index (χ2v) is 18.0. The minimum atomic E-state index is -3.94. The van der Waals surface area contributed by atoms with Crippen LogP contribution in [0.25, 0.3) is 0 Å². The molecule has 0 aromatic heterocycles. The van der Waals surface area contributed by atoms with E-state index in [0.29, 0.717) is 36.8 Å². The number of anilines is 1. The van der Waals surface area contributed by atoms with Crippen molar-refractivity contribution in [2.75, 3.05) is 37.6 Å². The molecule has 4 heterocycles. The number of ether oxygens (including phenoxy) is 2. The highest BCUT2D eigenvalue weighted by atomic mass is 35.5. The van der Waals surface area contributed by atoms with Crippen LogP contribution < -0.4 is 14.4 Å². The highest BCUT2D eigenvalue weighted by Crippen LogP contribution is 2.47. The number of sulfonamides is 1. The molecule has 0 radical (unpaired) electrons. The Morgan fingerprint density at radius 1 is 0.959 bits per heavy atom. The van der Waals surface area contributed by atoms with Crippen LogP contribution in [0.3, 0.4) is 0 Å². The zero-order chi connectivity index (χ0) is 34.3. The van der Waals surface area contributed by atoms with Gasteiger partial charge in [-0.3, -0.25) is 9.69 Å². The van der Waals surface area contributed by atoms with Crippen molar-refractivity contribution in [3.63, 3.8) is 0 Å². The predicted octanol–water partition coefficient (Wildman–Crippen LogP) is 5.95. The molecule has 0 unspecified atom stereocenters. The Morgan fingerprint density at radius 2 is 1.76 bits per heavy atom. The van der Waals surface area contributed by atoms with Crippen LogP contribution in [0.1, 0.15) is 93.1 Å². The van der Waals surface area contributed by atoms with Gasteiger partial charge in [0.1, 0.15) is 12.4 Å². The molecule has 11 heteroatoms. The molecule has 1 saturated carbocycles. The van der Waals surface area contributed by atoms with Crippen molar-refractivity contribution in [3.05, 3.63) is 58.1 Å². The fourth-order valence-corrected chi connectivity index (χ4v) is 10.5. The number of rotatable bonds is 2. The molecular formula is C38H52ClN3O6S. The Morgan fingerprint density at radius 3 is 2.51 bits per heavy atom. The van der Waals surface area contributed by atoms with Gasteiger partial charge in [0.05, 0.1) is 28.7 Å². The van der Waals surface area contributed by atoms with Crippen LogP contribution >= 0.6 is 11.6 Å². The third-order valence-corrected chi connectivity index (χ3v) is 14.4. The van der Waals surface area contributed by atoms with Crippen LogP contribution in [0.15, 0.2) is 36.4 Å². The molecule has 49 heavy (non-hydrogen) atoms. The molecule has 2 N–H and O–H groups in total. The molecule has 268 valence electrons. The number of hydrogen-bond donors (Lipinski definition) is 2. The van der Waals surface area contributed by atoms with Crippen molar-refractivity contribution in [1.29, 1.82) is 0 Å². The van der Waals surface area contributed by atoms with Gasteiger partial charge in [0.2, 0.25) is 10.0 Å². The monoisotopic (exact) mass is 713 g/mol. The predicted molar refractivity (Wildman–Crippen MR) is 192 cm³/mol. The first kappa shape index (κ1) is 35.1. The fourth-order valence-electron chi connectivity index (χ4n) is 9.01. The molecule has 5 aliphatic rings. The van der Waals surface area contributed by atoms with Gasteiger partial charge in [0, 0.05) is 43.3 Å². The maximum absolute atomic E-state index is 13.5. The second kappa shape index (κ2) is 14.3. The zero-order valence-electron chi connectivity index (χ0n) is 28.9. The minimum Gasteiger partial charge on any atom is -0.487 e. The Hall–Kier alpha value is -2.37. The molecule has 4 aliphatic heterocycles. The standard InChI is InChI=1S/C38H52ClN3O6S/c1-25-6-5-16-38(44,24-41-21-32-12-13-33(22-41)48-32)34-14-9-29(34)20-42-17-4-3-7-27-18-31(39)11-8-30(27)23-47-36-15-10-28(19-35(36)42)37(43)40-49(45,46)26(25)2/h8,10-11,15,18-19,25-26,29,32-34,44H,3-7,9,12-14,16-17,20-24H2,1-2H3,(H,40,43)/t25-,26+,29-,32-,33+,34+,38+/m0/s1. The lowest BCUT2D eigenvalue weighted by atomic mass is 9.62. The van der Waals surface area contributed by atoms with E-state index in [2.05, 4.69) is 14.5 Å². The number of hydrogen-bond acceptors (Lipinski definition) is 8. The summed E-state index contributed by atoms with van der Waals surface area (Å²) in [6.45, 7) is 7.78. The molecule has 7 rings (SSSR count). The summed E-state index contributed by atoms with van der Waals surface area (Å²) in [5.41, 5.74) is 2.44. The van der Waals surface area contributed by atoms with E-state index in [-0.39, 0.29) is 35.5 Å². The van der Waals surface area contributed by atoms with Crippen molar-refractivity contribution >= 4 is 33.2 Å². The number of amides is 1. The number of halogens is 1. The molecule has 1 amide bonds.